The summed E-state index contributed by atoms with van der Waals surface area (Å²) in [6.07, 6.45) is 20.4. The molecule has 4 unspecified atom stereocenters. The van der Waals surface area contributed by atoms with Crippen LogP contribution in [-0.2, 0) is 0 Å². The van der Waals surface area contributed by atoms with Crippen LogP contribution in [0, 0.1) is 28.6 Å². The fraction of sp³-hybridized carbons (Fsp3) is 0.607. The zero-order valence-electron chi connectivity index (χ0n) is 20.5. The molecular formula is C28H38N4O. The number of aromatic nitrogens is 3. The summed E-state index contributed by atoms with van der Waals surface area (Å²) >= 11 is 0. The summed E-state index contributed by atoms with van der Waals surface area (Å²) in [7, 11) is 1.75. The minimum atomic E-state index is -0.121. The lowest BCUT2D eigenvalue weighted by Gasteiger charge is -2.57. The van der Waals surface area contributed by atoms with Gasteiger partial charge in [-0.2, -0.15) is 5.10 Å². The van der Waals surface area contributed by atoms with E-state index in [1.807, 2.05) is 23.8 Å². The van der Waals surface area contributed by atoms with Gasteiger partial charge in [0, 0.05) is 18.8 Å². The first-order valence-electron chi connectivity index (χ1n) is 12.6. The molecule has 0 aromatic carbocycles. The molecule has 2 heterocycles. The first-order valence-corrected chi connectivity index (χ1v) is 12.6. The van der Waals surface area contributed by atoms with Gasteiger partial charge in [-0.25, -0.2) is 9.50 Å². The Morgan fingerprint density at radius 3 is 2.70 bits per heavy atom. The number of hydrogen-bond donors (Lipinski definition) is 1. The van der Waals surface area contributed by atoms with Gasteiger partial charge in [-0.05, 0) is 98.3 Å². The molecule has 2 fully saturated rings. The van der Waals surface area contributed by atoms with Gasteiger partial charge in [-0.1, -0.05) is 31.6 Å². The molecule has 2 aromatic heterocycles. The van der Waals surface area contributed by atoms with Gasteiger partial charge in [-0.15, -0.1) is 0 Å². The van der Waals surface area contributed by atoms with Gasteiger partial charge in [-0.3, -0.25) is 0 Å². The van der Waals surface area contributed by atoms with Gasteiger partial charge in [0.05, 0.1) is 17.8 Å². The molecule has 0 saturated heterocycles. The van der Waals surface area contributed by atoms with Gasteiger partial charge >= 0.3 is 0 Å². The molecule has 0 bridgehead atoms. The molecular weight excluding hydrogens is 408 g/mol. The van der Waals surface area contributed by atoms with E-state index in [9.17, 15) is 5.11 Å². The van der Waals surface area contributed by atoms with E-state index in [1.54, 1.807) is 25.2 Å². The molecule has 0 spiro atoms. The fourth-order valence-corrected chi connectivity index (χ4v) is 7.68. The lowest BCUT2D eigenvalue weighted by atomic mass is 9.47. The van der Waals surface area contributed by atoms with Gasteiger partial charge in [0.25, 0.3) is 0 Å². The van der Waals surface area contributed by atoms with Gasteiger partial charge < -0.3 is 10.1 Å². The van der Waals surface area contributed by atoms with E-state index in [-0.39, 0.29) is 11.5 Å². The van der Waals surface area contributed by atoms with Crippen LogP contribution in [0.1, 0.15) is 71.3 Å². The average molecular weight is 447 g/mol. The molecule has 6 rings (SSSR count). The Morgan fingerprint density at radius 1 is 1.12 bits per heavy atom. The van der Waals surface area contributed by atoms with Crippen molar-refractivity contribution in [2.24, 2.45) is 33.6 Å². The highest BCUT2D eigenvalue weighted by atomic mass is 16.3. The van der Waals surface area contributed by atoms with Crippen molar-refractivity contribution in [1.29, 1.82) is 0 Å². The lowest BCUT2D eigenvalue weighted by molar-refractivity contribution is -0.0237. The normalized spacial score (nSPS) is 37.5. The zero-order chi connectivity index (χ0) is 23.2. The van der Waals surface area contributed by atoms with E-state index in [0.717, 1.165) is 37.0 Å². The van der Waals surface area contributed by atoms with Crippen molar-refractivity contribution < 1.29 is 5.11 Å². The molecule has 0 aliphatic heterocycles. The maximum atomic E-state index is 10.2. The van der Waals surface area contributed by atoms with Crippen molar-refractivity contribution in [3.8, 4) is 0 Å². The van der Waals surface area contributed by atoms with Crippen molar-refractivity contribution in [1.82, 2.24) is 14.6 Å². The molecule has 5 heteroatoms. The summed E-state index contributed by atoms with van der Waals surface area (Å²) in [4.78, 5) is 7.82. The highest BCUT2D eigenvalue weighted by Crippen LogP contribution is 2.66. The third-order valence-corrected chi connectivity index (χ3v) is 9.54. The summed E-state index contributed by atoms with van der Waals surface area (Å²) in [6.45, 7) is 6.91. The summed E-state index contributed by atoms with van der Waals surface area (Å²) in [5.74, 6) is 2.25. The number of fused-ring (bicyclic) bond motifs is 6. The van der Waals surface area contributed by atoms with Crippen LogP contribution in [0.15, 0.2) is 47.5 Å². The van der Waals surface area contributed by atoms with Gasteiger partial charge in [0.2, 0.25) is 0 Å². The largest absolute Gasteiger partial charge is 0.393 e. The molecule has 5 nitrogen and oxygen atoms in total. The van der Waals surface area contributed by atoms with Crippen LogP contribution in [0.5, 0.6) is 0 Å². The highest BCUT2D eigenvalue weighted by molar-refractivity contribution is 5.82. The monoisotopic (exact) mass is 446 g/mol. The van der Waals surface area contributed by atoms with E-state index in [2.05, 4.69) is 47.1 Å². The van der Waals surface area contributed by atoms with E-state index in [4.69, 9.17) is 0 Å². The topological polar surface area (TPSA) is 62.8 Å². The predicted molar refractivity (Wildman–Crippen MR) is 134 cm³/mol. The molecule has 4 aliphatic carbocycles. The van der Waals surface area contributed by atoms with Gasteiger partial charge in [0.1, 0.15) is 6.33 Å². The molecule has 6 atom stereocenters. The molecule has 0 radical (unpaired) electrons. The smallest absolute Gasteiger partial charge is 0.117 e. The maximum Gasteiger partial charge on any atom is 0.117 e. The SMILES string of the molecule is CC12CCC3C(CC=C4C[C@@H](O)CC[C@@]43C)C1CC=C2c1cnn2cnccc12.CC=NC. The molecule has 2 saturated carbocycles. The lowest BCUT2D eigenvalue weighted by Crippen LogP contribution is -2.49. The Bertz CT molecular complexity index is 1110. The van der Waals surface area contributed by atoms with Crippen LogP contribution >= 0.6 is 0 Å². The van der Waals surface area contributed by atoms with Crippen molar-refractivity contribution in [3.63, 3.8) is 0 Å². The first-order chi connectivity index (χ1) is 15.9. The van der Waals surface area contributed by atoms with Crippen molar-refractivity contribution >= 4 is 17.3 Å². The Labute approximate surface area is 197 Å². The van der Waals surface area contributed by atoms with Crippen LogP contribution < -0.4 is 0 Å². The minimum absolute atomic E-state index is 0.121. The van der Waals surface area contributed by atoms with E-state index in [1.165, 1.54) is 42.3 Å². The Hall–Kier alpha value is -2.27. The number of hydrogen-bond acceptors (Lipinski definition) is 4. The quantitative estimate of drug-likeness (QED) is 0.448. The average Bonchev–Trinajstić information content (AvgIpc) is 3.40. The van der Waals surface area contributed by atoms with Crippen molar-refractivity contribution in [2.45, 2.75) is 71.8 Å². The Kier molecular flexibility index (Phi) is 5.80. The number of aliphatic hydroxyl groups excluding tert-OH is 1. The standard InChI is InChI=1S/C25H31N3O.C3H7N/c1-24-10-7-17(29)13-16(24)3-4-18-20-5-6-21(25(20,2)11-8-22(18)24)19-14-27-28-15-26-12-9-23(19)28;1-3-4-2/h3,6,9,12,14-15,17-18,20,22,29H,4-5,7-8,10-11,13H2,1-2H3;3H,1-2H3/t17-,18?,20?,22?,24-,25?;/m0./s1. The fourth-order valence-electron chi connectivity index (χ4n) is 7.68. The summed E-state index contributed by atoms with van der Waals surface area (Å²) in [5.41, 5.74) is 6.10. The Morgan fingerprint density at radius 2 is 1.91 bits per heavy atom. The molecule has 176 valence electrons. The minimum Gasteiger partial charge on any atom is -0.393 e. The van der Waals surface area contributed by atoms with Crippen LogP contribution in [0.4, 0.5) is 0 Å². The number of aliphatic hydroxyl groups is 1. The zero-order valence-corrected chi connectivity index (χ0v) is 20.5. The maximum absolute atomic E-state index is 10.2. The van der Waals surface area contributed by atoms with Crippen LogP contribution in [0.3, 0.4) is 0 Å². The van der Waals surface area contributed by atoms with Crippen molar-refractivity contribution in [3.05, 3.63) is 48.1 Å². The van der Waals surface area contributed by atoms with Crippen LogP contribution in [0.25, 0.3) is 11.1 Å². The highest BCUT2D eigenvalue weighted by Gasteiger charge is 2.56. The second kappa shape index (κ2) is 8.50. The number of rotatable bonds is 1. The molecule has 33 heavy (non-hydrogen) atoms. The van der Waals surface area contributed by atoms with E-state index in [0.29, 0.717) is 5.41 Å². The molecule has 1 N–H and O–H groups in total. The van der Waals surface area contributed by atoms with Crippen molar-refractivity contribution in [2.75, 3.05) is 7.05 Å². The first kappa shape index (κ1) is 22.5. The predicted octanol–water partition coefficient (Wildman–Crippen LogP) is 5.75. The second-order valence-corrected chi connectivity index (χ2v) is 11.0. The third-order valence-electron chi connectivity index (χ3n) is 9.54. The van der Waals surface area contributed by atoms with E-state index >= 15 is 0 Å². The summed E-state index contributed by atoms with van der Waals surface area (Å²) < 4.78 is 1.91. The Balaban J connectivity index is 0.000000531. The van der Waals surface area contributed by atoms with Crippen LogP contribution in [-0.4, -0.2) is 39.1 Å². The second-order valence-electron chi connectivity index (χ2n) is 11.0. The third kappa shape index (κ3) is 3.51. The number of allylic oxidation sites excluding steroid dienone is 3. The molecule has 4 aliphatic rings. The van der Waals surface area contributed by atoms with Gasteiger partial charge in [0.15, 0.2) is 0 Å². The molecule has 0 amide bonds. The van der Waals surface area contributed by atoms with Crippen LogP contribution in [0.2, 0.25) is 0 Å². The summed E-state index contributed by atoms with van der Waals surface area (Å²) in [6, 6.07) is 2.09. The number of nitrogens with zero attached hydrogens (tertiary/aromatic N) is 4. The summed E-state index contributed by atoms with van der Waals surface area (Å²) in [5, 5.41) is 14.8. The molecule has 2 aromatic rings. The number of aliphatic imine (C=N–C) groups is 1. The van der Waals surface area contributed by atoms with E-state index < -0.39 is 0 Å².